The molecule has 0 radical (unpaired) electrons. The molecular weight excluding hydrogens is 207 g/mol. The summed E-state index contributed by atoms with van der Waals surface area (Å²) in [7, 11) is 1.39. The molecule has 0 unspecified atom stereocenters. The van der Waals surface area contributed by atoms with E-state index in [2.05, 4.69) is 0 Å². The Balaban J connectivity index is 2.36. The predicted octanol–water partition coefficient (Wildman–Crippen LogP) is 3.13. The third kappa shape index (κ3) is 1.85. The summed E-state index contributed by atoms with van der Waals surface area (Å²) in [5.74, 6) is -0.666. The molecule has 3 heteroatoms. The second-order valence-electron chi connectivity index (χ2n) is 3.77. The zero-order valence-corrected chi connectivity index (χ0v) is 9.13. The topological polar surface area (TPSA) is 26.3 Å². The molecule has 1 aliphatic rings. The van der Waals surface area contributed by atoms with E-state index in [1.807, 2.05) is 6.08 Å². The van der Waals surface area contributed by atoms with Gasteiger partial charge in [-0.2, -0.15) is 0 Å². The SMILES string of the molecule is COc1cccc(C(=O)C2=CCCC2)c1F. The van der Waals surface area contributed by atoms with Gasteiger partial charge in [0, 0.05) is 0 Å². The van der Waals surface area contributed by atoms with Crippen molar-refractivity contribution in [2.45, 2.75) is 19.3 Å². The van der Waals surface area contributed by atoms with Gasteiger partial charge < -0.3 is 4.74 Å². The molecule has 0 heterocycles. The van der Waals surface area contributed by atoms with Gasteiger partial charge in [0.05, 0.1) is 12.7 Å². The monoisotopic (exact) mass is 220 g/mol. The molecule has 84 valence electrons. The molecule has 0 amide bonds. The molecule has 1 aromatic rings. The van der Waals surface area contributed by atoms with Gasteiger partial charge in [-0.1, -0.05) is 12.1 Å². The number of hydrogen-bond acceptors (Lipinski definition) is 2. The van der Waals surface area contributed by atoms with Crippen LogP contribution in [0.15, 0.2) is 29.8 Å². The minimum atomic E-state index is -0.567. The Labute approximate surface area is 93.7 Å². The highest BCUT2D eigenvalue weighted by molar-refractivity contribution is 6.09. The van der Waals surface area contributed by atoms with Crippen LogP contribution in [-0.4, -0.2) is 12.9 Å². The number of ketones is 1. The molecule has 0 N–H and O–H groups in total. The highest BCUT2D eigenvalue weighted by Crippen LogP contribution is 2.26. The van der Waals surface area contributed by atoms with Crippen molar-refractivity contribution in [3.8, 4) is 5.75 Å². The van der Waals surface area contributed by atoms with Crippen LogP contribution in [0.25, 0.3) is 0 Å². The molecule has 0 aromatic heterocycles. The first-order valence-corrected chi connectivity index (χ1v) is 5.30. The normalized spacial score (nSPS) is 14.8. The van der Waals surface area contributed by atoms with Gasteiger partial charge in [-0.05, 0) is 37.0 Å². The van der Waals surface area contributed by atoms with E-state index < -0.39 is 5.82 Å². The number of carbonyl (C=O) groups excluding carboxylic acids is 1. The van der Waals surface area contributed by atoms with Gasteiger partial charge in [0.15, 0.2) is 17.3 Å². The molecule has 1 aliphatic carbocycles. The molecular formula is C13H13FO2. The maximum atomic E-state index is 13.8. The fourth-order valence-electron chi connectivity index (χ4n) is 1.89. The van der Waals surface area contributed by atoms with Gasteiger partial charge in [-0.3, -0.25) is 4.79 Å². The van der Waals surface area contributed by atoms with E-state index in [9.17, 15) is 9.18 Å². The third-order valence-electron chi connectivity index (χ3n) is 2.76. The number of ether oxygens (including phenoxy) is 1. The Morgan fingerprint density at radius 3 is 2.88 bits per heavy atom. The fraction of sp³-hybridized carbons (Fsp3) is 0.308. The number of Topliss-reactive ketones (excluding diaryl/α,β-unsaturated/α-hetero) is 1. The Hall–Kier alpha value is -1.64. The molecule has 0 aliphatic heterocycles. The molecule has 0 bridgehead atoms. The van der Waals surface area contributed by atoms with E-state index in [0.29, 0.717) is 5.57 Å². The van der Waals surface area contributed by atoms with Crippen LogP contribution in [0.2, 0.25) is 0 Å². The first-order chi connectivity index (χ1) is 7.74. The van der Waals surface area contributed by atoms with Crippen LogP contribution in [0.5, 0.6) is 5.75 Å². The van der Waals surface area contributed by atoms with Crippen LogP contribution in [-0.2, 0) is 0 Å². The Morgan fingerprint density at radius 2 is 2.25 bits per heavy atom. The average molecular weight is 220 g/mol. The summed E-state index contributed by atoms with van der Waals surface area (Å²) in [6, 6.07) is 4.64. The molecule has 2 rings (SSSR count). The molecule has 0 spiro atoms. The first-order valence-electron chi connectivity index (χ1n) is 5.30. The number of rotatable bonds is 3. The Bertz CT molecular complexity index is 449. The van der Waals surface area contributed by atoms with Crippen molar-refractivity contribution >= 4 is 5.78 Å². The number of halogens is 1. The minimum Gasteiger partial charge on any atom is -0.494 e. The van der Waals surface area contributed by atoms with Crippen LogP contribution >= 0.6 is 0 Å². The largest absolute Gasteiger partial charge is 0.494 e. The van der Waals surface area contributed by atoms with E-state index in [4.69, 9.17) is 4.74 Å². The number of hydrogen-bond donors (Lipinski definition) is 0. The van der Waals surface area contributed by atoms with Gasteiger partial charge in [-0.25, -0.2) is 4.39 Å². The molecule has 1 aromatic carbocycles. The first kappa shape index (κ1) is 10.9. The van der Waals surface area contributed by atoms with Gasteiger partial charge >= 0.3 is 0 Å². The predicted molar refractivity (Wildman–Crippen MR) is 59.2 cm³/mol. The van der Waals surface area contributed by atoms with Crippen LogP contribution in [0.4, 0.5) is 4.39 Å². The number of allylic oxidation sites excluding steroid dienone is 2. The molecule has 0 atom stereocenters. The Morgan fingerprint density at radius 1 is 1.44 bits per heavy atom. The minimum absolute atomic E-state index is 0.104. The zero-order valence-electron chi connectivity index (χ0n) is 9.13. The maximum Gasteiger partial charge on any atom is 0.191 e. The van der Waals surface area contributed by atoms with Crippen LogP contribution in [0.3, 0.4) is 0 Å². The molecule has 2 nitrogen and oxygen atoms in total. The van der Waals surface area contributed by atoms with E-state index in [1.54, 1.807) is 6.07 Å². The van der Waals surface area contributed by atoms with Gasteiger partial charge in [0.2, 0.25) is 0 Å². The Kier molecular flexibility index (Phi) is 3.04. The second-order valence-corrected chi connectivity index (χ2v) is 3.77. The standard InChI is InChI=1S/C13H13FO2/c1-16-11-8-4-7-10(12(11)14)13(15)9-5-2-3-6-9/h4-5,7-8H,2-3,6H2,1H3. The summed E-state index contributed by atoms with van der Waals surface area (Å²) < 4.78 is 18.7. The highest BCUT2D eigenvalue weighted by Gasteiger charge is 2.20. The number of carbonyl (C=O) groups is 1. The highest BCUT2D eigenvalue weighted by atomic mass is 19.1. The van der Waals surface area contributed by atoms with Crippen molar-refractivity contribution in [2.24, 2.45) is 0 Å². The van der Waals surface area contributed by atoms with E-state index in [1.165, 1.54) is 19.2 Å². The van der Waals surface area contributed by atoms with Crippen molar-refractivity contribution in [2.75, 3.05) is 7.11 Å². The van der Waals surface area contributed by atoms with E-state index in [-0.39, 0.29) is 17.1 Å². The lowest BCUT2D eigenvalue weighted by molar-refractivity contribution is 0.102. The van der Waals surface area contributed by atoms with Gasteiger partial charge in [0.25, 0.3) is 0 Å². The summed E-state index contributed by atoms with van der Waals surface area (Å²) in [4.78, 5) is 12.0. The van der Waals surface area contributed by atoms with E-state index >= 15 is 0 Å². The quantitative estimate of drug-likeness (QED) is 0.731. The lowest BCUT2D eigenvalue weighted by Crippen LogP contribution is -2.05. The lowest BCUT2D eigenvalue weighted by Gasteiger charge is -2.06. The maximum absolute atomic E-state index is 13.8. The van der Waals surface area contributed by atoms with Gasteiger partial charge in [0.1, 0.15) is 0 Å². The summed E-state index contributed by atoms with van der Waals surface area (Å²) in [5, 5.41) is 0. The third-order valence-corrected chi connectivity index (χ3v) is 2.76. The number of benzene rings is 1. The molecule has 0 saturated heterocycles. The summed E-state index contributed by atoms with van der Waals surface area (Å²) in [5.41, 5.74) is 0.819. The zero-order chi connectivity index (χ0) is 11.5. The summed E-state index contributed by atoms with van der Waals surface area (Å²) >= 11 is 0. The van der Waals surface area contributed by atoms with Crippen molar-refractivity contribution < 1.29 is 13.9 Å². The second kappa shape index (κ2) is 4.47. The summed E-state index contributed by atoms with van der Waals surface area (Å²) in [6.45, 7) is 0. The average Bonchev–Trinajstić information content (AvgIpc) is 2.82. The smallest absolute Gasteiger partial charge is 0.191 e. The summed E-state index contributed by atoms with van der Waals surface area (Å²) in [6.07, 6.45) is 4.52. The molecule has 16 heavy (non-hydrogen) atoms. The number of methoxy groups -OCH3 is 1. The molecule has 0 saturated carbocycles. The fourth-order valence-corrected chi connectivity index (χ4v) is 1.89. The lowest BCUT2D eigenvalue weighted by atomic mass is 10.0. The van der Waals surface area contributed by atoms with Crippen LogP contribution < -0.4 is 4.74 Å². The van der Waals surface area contributed by atoms with Crippen molar-refractivity contribution in [3.05, 3.63) is 41.2 Å². The van der Waals surface area contributed by atoms with Gasteiger partial charge in [-0.15, -0.1) is 0 Å². The van der Waals surface area contributed by atoms with Crippen LogP contribution in [0.1, 0.15) is 29.6 Å². The van der Waals surface area contributed by atoms with Crippen molar-refractivity contribution in [3.63, 3.8) is 0 Å². The van der Waals surface area contributed by atoms with Crippen molar-refractivity contribution in [1.29, 1.82) is 0 Å². The van der Waals surface area contributed by atoms with Crippen molar-refractivity contribution in [1.82, 2.24) is 0 Å². The van der Waals surface area contributed by atoms with Crippen LogP contribution in [0, 0.1) is 5.82 Å². The van der Waals surface area contributed by atoms with E-state index in [0.717, 1.165) is 19.3 Å². The molecule has 0 fully saturated rings.